The van der Waals surface area contributed by atoms with Gasteiger partial charge >= 0.3 is 0 Å². The molecule has 0 atom stereocenters. The van der Waals surface area contributed by atoms with Crippen molar-refractivity contribution in [3.8, 4) is 0 Å². The summed E-state index contributed by atoms with van der Waals surface area (Å²) in [5, 5.41) is 0. The summed E-state index contributed by atoms with van der Waals surface area (Å²) in [5.74, 6) is -0.491. The minimum Gasteiger partial charge on any atom is -0.341 e. The molecule has 0 aromatic heterocycles. The van der Waals surface area contributed by atoms with Crippen molar-refractivity contribution in [3.63, 3.8) is 0 Å². The Balaban J connectivity index is 1.88. The number of benzene rings is 2. The first-order valence-corrected chi connectivity index (χ1v) is 7.40. The van der Waals surface area contributed by atoms with Crippen molar-refractivity contribution >= 4 is 17.7 Å². The fourth-order valence-electron chi connectivity index (χ4n) is 1.76. The molecule has 0 fully saturated rings. The Kier molecular flexibility index (Phi) is 5.33. The molecular weight excluding hydrogens is 292 g/mol. The van der Waals surface area contributed by atoms with Crippen LogP contribution in [0.15, 0.2) is 53.4 Å². The number of halogens is 2. The van der Waals surface area contributed by atoms with E-state index in [1.54, 1.807) is 37.4 Å². The van der Waals surface area contributed by atoms with E-state index in [0.717, 1.165) is 4.90 Å². The van der Waals surface area contributed by atoms with E-state index in [0.29, 0.717) is 5.56 Å². The van der Waals surface area contributed by atoms with Crippen molar-refractivity contribution in [1.29, 1.82) is 0 Å². The van der Waals surface area contributed by atoms with Crippen LogP contribution in [0, 0.1) is 11.6 Å². The monoisotopic (exact) mass is 307 g/mol. The average Bonchev–Trinajstić information content (AvgIpc) is 2.48. The SMILES string of the molecule is CN(Cc1ccccc1F)C(=O)CSc1ccc(F)cc1. The zero-order valence-electron chi connectivity index (χ0n) is 11.6. The second-order valence-corrected chi connectivity index (χ2v) is 5.63. The summed E-state index contributed by atoms with van der Waals surface area (Å²) in [6.45, 7) is 0.232. The first-order chi connectivity index (χ1) is 10.1. The standard InChI is InChI=1S/C16H15F2NOS/c1-19(10-12-4-2-3-5-15(12)18)16(20)11-21-14-8-6-13(17)7-9-14/h2-9H,10-11H2,1H3. The molecule has 21 heavy (non-hydrogen) atoms. The fourth-order valence-corrected chi connectivity index (χ4v) is 2.60. The average molecular weight is 307 g/mol. The van der Waals surface area contributed by atoms with Crippen molar-refractivity contribution in [2.24, 2.45) is 0 Å². The highest BCUT2D eigenvalue weighted by molar-refractivity contribution is 8.00. The van der Waals surface area contributed by atoms with Crippen molar-refractivity contribution in [1.82, 2.24) is 4.90 Å². The smallest absolute Gasteiger partial charge is 0.232 e. The Labute approximate surface area is 126 Å². The van der Waals surface area contributed by atoms with E-state index < -0.39 is 0 Å². The number of carbonyl (C=O) groups is 1. The zero-order valence-corrected chi connectivity index (χ0v) is 12.4. The molecule has 0 unspecified atom stereocenters. The van der Waals surface area contributed by atoms with Gasteiger partial charge < -0.3 is 4.90 Å². The zero-order chi connectivity index (χ0) is 15.2. The van der Waals surface area contributed by atoms with Crippen LogP contribution in [0.5, 0.6) is 0 Å². The van der Waals surface area contributed by atoms with Crippen molar-refractivity contribution in [3.05, 3.63) is 65.7 Å². The number of nitrogens with zero attached hydrogens (tertiary/aromatic N) is 1. The lowest BCUT2D eigenvalue weighted by molar-refractivity contribution is -0.127. The third-order valence-corrected chi connectivity index (χ3v) is 3.96. The summed E-state index contributed by atoms with van der Waals surface area (Å²) in [4.78, 5) is 14.3. The predicted octanol–water partition coefficient (Wildman–Crippen LogP) is 3.72. The molecule has 2 aromatic rings. The third kappa shape index (κ3) is 4.56. The first kappa shape index (κ1) is 15.5. The van der Waals surface area contributed by atoms with E-state index in [2.05, 4.69) is 0 Å². The number of carbonyl (C=O) groups excluding carboxylic acids is 1. The minimum atomic E-state index is -0.316. The van der Waals surface area contributed by atoms with Crippen molar-refractivity contribution in [2.75, 3.05) is 12.8 Å². The second-order valence-electron chi connectivity index (χ2n) is 4.58. The van der Waals surface area contributed by atoms with E-state index in [-0.39, 0.29) is 29.8 Å². The Bertz CT molecular complexity index is 616. The molecule has 0 saturated carbocycles. The second kappa shape index (κ2) is 7.22. The van der Waals surface area contributed by atoms with Gasteiger partial charge in [-0.1, -0.05) is 18.2 Å². The molecule has 0 N–H and O–H groups in total. The molecule has 5 heteroatoms. The van der Waals surface area contributed by atoms with Gasteiger partial charge in [-0.3, -0.25) is 4.79 Å². The fraction of sp³-hybridized carbons (Fsp3) is 0.188. The van der Waals surface area contributed by atoms with Gasteiger partial charge in [-0.15, -0.1) is 11.8 Å². The van der Waals surface area contributed by atoms with E-state index in [1.807, 2.05) is 0 Å². The summed E-state index contributed by atoms with van der Waals surface area (Å²) in [5.41, 5.74) is 0.486. The van der Waals surface area contributed by atoms with Crippen LogP contribution in [-0.2, 0) is 11.3 Å². The van der Waals surface area contributed by atoms with Crippen LogP contribution in [0.2, 0.25) is 0 Å². The maximum Gasteiger partial charge on any atom is 0.232 e. The van der Waals surface area contributed by atoms with E-state index in [4.69, 9.17) is 0 Å². The molecule has 0 aliphatic heterocycles. The lowest BCUT2D eigenvalue weighted by atomic mass is 10.2. The van der Waals surface area contributed by atoms with Crippen molar-refractivity contribution in [2.45, 2.75) is 11.4 Å². The molecule has 0 bridgehead atoms. The Morgan fingerprint density at radius 2 is 1.76 bits per heavy atom. The Morgan fingerprint density at radius 3 is 2.43 bits per heavy atom. The lowest BCUT2D eigenvalue weighted by Gasteiger charge is -2.17. The molecule has 1 amide bonds. The predicted molar refractivity (Wildman–Crippen MR) is 80.0 cm³/mol. The normalized spacial score (nSPS) is 10.4. The highest BCUT2D eigenvalue weighted by Crippen LogP contribution is 2.19. The summed E-state index contributed by atoms with van der Waals surface area (Å²) in [6, 6.07) is 12.4. The topological polar surface area (TPSA) is 20.3 Å². The van der Waals surface area contributed by atoms with Gasteiger partial charge in [0, 0.05) is 24.1 Å². The van der Waals surface area contributed by atoms with Gasteiger partial charge in [0.25, 0.3) is 0 Å². The lowest BCUT2D eigenvalue weighted by Crippen LogP contribution is -2.28. The highest BCUT2D eigenvalue weighted by Gasteiger charge is 2.11. The number of amides is 1. The highest BCUT2D eigenvalue weighted by atomic mass is 32.2. The Hall–Kier alpha value is -1.88. The summed E-state index contributed by atoms with van der Waals surface area (Å²) in [6.07, 6.45) is 0. The molecule has 0 saturated heterocycles. The molecule has 0 aliphatic carbocycles. The van der Waals surface area contributed by atoms with Gasteiger partial charge in [0.05, 0.1) is 5.75 Å². The molecule has 2 aromatic carbocycles. The quantitative estimate of drug-likeness (QED) is 0.785. The molecular formula is C16H15F2NOS. The Morgan fingerprint density at radius 1 is 1.10 bits per heavy atom. The van der Waals surface area contributed by atoms with E-state index in [9.17, 15) is 13.6 Å². The van der Waals surface area contributed by atoms with Crippen LogP contribution in [0.4, 0.5) is 8.78 Å². The number of rotatable bonds is 5. The van der Waals surface area contributed by atoms with Gasteiger partial charge in [-0.05, 0) is 30.3 Å². The summed E-state index contributed by atoms with van der Waals surface area (Å²) >= 11 is 1.33. The van der Waals surface area contributed by atoms with Gasteiger partial charge in [-0.2, -0.15) is 0 Å². The molecule has 2 nitrogen and oxygen atoms in total. The van der Waals surface area contributed by atoms with Gasteiger partial charge in [-0.25, -0.2) is 8.78 Å². The number of hydrogen-bond acceptors (Lipinski definition) is 2. The first-order valence-electron chi connectivity index (χ1n) is 6.42. The van der Waals surface area contributed by atoms with Gasteiger partial charge in [0.1, 0.15) is 11.6 Å². The molecule has 110 valence electrons. The van der Waals surface area contributed by atoms with Crippen LogP contribution in [0.3, 0.4) is 0 Å². The maximum atomic E-state index is 13.5. The molecule has 0 aliphatic rings. The maximum absolute atomic E-state index is 13.5. The summed E-state index contributed by atoms with van der Waals surface area (Å²) < 4.78 is 26.3. The van der Waals surface area contributed by atoms with Crippen molar-refractivity contribution < 1.29 is 13.6 Å². The largest absolute Gasteiger partial charge is 0.341 e. The van der Waals surface area contributed by atoms with Crippen LogP contribution in [0.25, 0.3) is 0 Å². The minimum absolute atomic E-state index is 0.104. The third-order valence-electron chi connectivity index (χ3n) is 2.97. The molecule has 0 radical (unpaired) electrons. The molecule has 0 spiro atoms. The van der Waals surface area contributed by atoms with Crippen LogP contribution < -0.4 is 0 Å². The summed E-state index contributed by atoms with van der Waals surface area (Å²) in [7, 11) is 1.64. The molecule has 2 rings (SSSR count). The van der Waals surface area contributed by atoms with Gasteiger partial charge in [0.2, 0.25) is 5.91 Å². The van der Waals surface area contributed by atoms with E-state index in [1.165, 1.54) is 34.9 Å². The van der Waals surface area contributed by atoms with Gasteiger partial charge in [0.15, 0.2) is 0 Å². The van der Waals surface area contributed by atoms with E-state index >= 15 is 0 Å². The number of hydrogen-bond donors (Lipinski definition) is 0. The van der Waals surface area contributed by atoms with Crippen LogP contribution in [-0.4, -0.2) is 23.6 Å². The molecule has 0 heterocycles. The van der Waals surface area contributed by atoms with Crippen LogP contribution >= 0.6 is 11.8 Å². The number of thioether (sulfide) groups is 1. The van der Waals surface area contributed by atoms with Crippen LogP contribution in [0.1, 0.15) is 5.56 Å².